The SMILES string of the molecule is O=C(CNS(=O)(=O)c1ccc2c(c1)CC(=O)N2)Nc1ccc(F)c(Cl)c1. The van der Waals surface area contributed by atoms with Crippen molar-refractivity contribution in [2.24, 2.45) is 0 Å². The first kappa shape index (κ1) is 18.3. The summed E-state index contributed by atoms with van der Waals surface area (Å²) in [6.45, 7) is -0.522. The van der Waals surface area contributed by atoms with E-state index < -0.39 is 28.3 Å². The quantitative estimate of drug-likeness (QED) is 0.716. The van der Waals surface area contributed by atoms with Gasteiger partial charge in [-0.2, -0.15) is 0 Å². The number of hydrogen-bond donors (Lipinski definition) is 3. The molecule has 0 saturated carbocycles. The van der Waals surface area contributed by atoms with Gasteiger partial charge in [-0.3, -0.25) is 9.59 Å². The Labute approximate surface area is 153 Å². The summed E-state index contributed by atoms with van der Waals surface area (Å²) >= 11 is 5.62. The van der Waals surface area contributed by atoms with E-state index in [0.717, 1.165) is 6.07 Å². The maximum Gasteiger partial charge on any atom is 0.241 e. The van der Waals surface area contributed by atoms with Crippen LogP contribution in [0, 0.1) is 5.82 Å². The number of carbonyl (C=O) groups is 2. The highest BCUT2D eigenvalue weighted by Crippen LogP contribution is 2.25. The van der Waals surface area contributed by atoms with Gasteiger partial charge < -0.3 is 10.6 Å². The van der Waals surface area contributed by atoms with Crippen molar-refractivity contribution in [3.05, 3.63) is 52.8 Å². The maximum atomic E-state index is 13.1. The molecule has 0 fully saturated rings. The molecule has 0 spiro atoms. The highest BCUT2D eigenvalue weighted by molar-refractivity contribution is 7.89. The number of rotatable bonds is 5. The average molecular weight is 398 g/mol. The Bertz CT molecular complexity index is 1010. The molecule has 0 atom stereocenters. The number of amides is 2. The zero-order chi connectivity index (χ0) is 18.9. The van der Waals surface area contributed by atoms with Crippen molar-refractivity contribution < 1.29 is 22.4 Å². The van der Waals surface area contributed by atoms with Gasteiger partial charge in [-0.05, 0) is 42.0 Å². The van der Waals surface area contributed by atoms with Crippen LogP contribution in [0.25, 0.3) is 0 Å². The summed E-state index contributed by atoms with van der Waals surface area (Å²) in [6, 6.07) is 7.82. The summed E-state index contributed by atoms with van der Waals surface area (Å²) in [6.07, 6.45) is 0.102. The van der Waals surface area contributed by atoms with Crippen LogP contribution in [-0.2, 0) is 26.0 Å². The second kappa shape index (κ2) is 7.02. The van der Waals surface area contributed by atoms with E-state index in [2.05, 4.69) is 15.4 Å². The molecule has 2 aromatic rings. The summed E-state index contributed by atoms with van der Waals surface area (Å²) in [5.41, 5.74) is 1.38. The van der Waals surface area contributed by atoms with E-state index in [1.54, 1.807) is 0 Å². The Kier molecular flexibility index (Phi) is 4.94. The first-order valence-corrected chi connectivity index (χ1v) is 9.28. The molecular formula is C16H13ClFN3O4S. The molecule has 0 saturated heterocycles. The minimum absolute atomic E-state index is 0.0506. The lowest BCUT2D eigenvalue weighted by molar-refractivity contribution is -0.115. The second-order valence-corrected chi connectivity index (χ2v) is 7.72. The lowest BCUT2D eigenvalue weighted by Gasteiger charge is -2.09. The fourth-order valence-corrected chi connectivity index (χ4v) is 3.61. The van der Waals surface area contributed by atoms with E-state index in [9.17, 15) is 22.4 Å². The number of halogens is 2. The lowest BCUT2D eigenvalue weighted by Crippen LogP contribution is -2.33. The van der Waals surface area contributed by atoms with Crippen molar-refractivity contribution in [1.82, 2.24) is 4.72 Å². The Morgan fingerprint density at radius 2 is 2.00 bits per heavy atom. The van der Waals surface area contributed by atoms with Crippen molar-refractivity contribution in [2.45, 2.75) is 11.3 Å². The van der Waals surface area contributed by atoms with Crippen LogP contribution in [0.2, 0.25) is 5.02 Å². The highest BCUT2D eigenvalue weighted by Gasteiger charge is 2.22. The monoisotopic (exact) mass is 397 g/mol. The zero-order valence-corrected chi connectivity index (χ0v) is 14.7. The van der Waals surface area contributed by atoms with Gasteiger partial charge in [0.25, 0.3) is 0 Å². The summed E-state index contributed by atoms with van der Waals surface area (Å²) < 4.78 is 39.9. The number of hydrogen-bond acceptors (Lipinski definition) is 4. The first-order chi connectivity index (χ1) is 12.2. The minimum atomic E-state index is -3.94. The maximum absolute atomic E-state index is 13.1. The third kappa shape index (κ3) is 4.01. The standard InChI is InChI=1S/C16H13ClFN3O4S/c17-12-7-10(1-3-13(12)18)20-16(23)8-19-26(24,25)11-2-4-14-9(5-11)6-15(22)21-14/h1-5,7,19H,6,8H2,(H,20,23)(H,21,22). The topological polar surface area (TPSA) is 104 Å². The largest absolute Gasteiger partial charge is 0.326 e. The number of sulfonamides is 1. The van der Waals surface area contributed by atoms with Gasteiger partial charge >= 0.3 is 0 Å². The Balaban J connectivity index is 1.64. The van der Waals surface area contributed by atoms with Gasteiger partial charge in [-0.1, -0.05) is 11.6 Å². The molecule has 0 radical (unpaired) electrons. The van der Waals surface area contributed by atoms with Crippen LogP contribution in [0.15, 0.2) is 41.3 Å². The van der Waals surface area contributed by atoms with Gasteiger partial charge in [0, 0.05) is 11.4 Å². The molecule has 7 nitrogen and oxygen atoms in total. The number of benzene rings is 2. The molecule has 2 aromatic carbocycles. The predicted molar refractivity (Wildman–Crippen MR) is 94.0 cm³/mol. The number of nitrogens with one attached hydrogen (secondary N) is 3. The molecule has 0 aliphatic carbocycles. The van der Waals surface area contributed by atoms with Gasteiger partial charge in [0.2, 0.25) is 21.8 Å². The molecular weight excluding hydrogens is 385 g/mol. The van der Waals surface area contributed by atoms with Gasteiger partial charge in [-0.25, -0.2) is 17.5 Å². The van der Waals surface area contributed by atoms with Crippen molar-refractivity contribution >= 4 is 44.8 Å². The normalized spacial score (nSPS) is 13.2. The Hall–Kier alpha value is -2.49. The third-order valence-corrected chi connectivity index (χ3v) is 5.33. The number of fused-ring (bicyclic) bond motifs is 1. The van der Waals surface area contributed by atoms with Crippen LogP contribution in [0.5, 0.6) is 0 Å². The first-order valence-electron chi connectivity index (χ1n) is 7.42. The van der Waals surface area contributed by atoms with Crippen LogP contribution >= 0.6 is 11.6 Å². The number of carbonyl (C=O) groups excluding carboxylic acids is 2. The second-order valence-electron chi connectivity index (χ2n) is 5.55. The van der Waals surface area contributed by atoms with Crippen LogP contribution in [0.1, 0.15) is 5.56 Å². The van der Waals surface area contributed by atoms with E-state index in [1.165, 1.54) is 30.3 Å². The molecule has 0 unspecified atom stereocenters. The molecule has 0 aromatic heterocycles. The molecule has 1 aliphatic rings. The van der Waals surface area contributed by atoms with Crippen molar-refractivity contribution in [1.29, 1.82) is 0 Å². The van der Waals surface area contributed by atoms with Gasteiger partial charge in [0.15, 0.2) is 0 Å². The van der Waals surface area contributed by atoms with E-state index in [1.807, 2.05) is 0 Å². The fraction of sp³-hybridized carbons (Fsp3) is 0.125. The number of anilines is 2. The molecule has 1 heterocycles. The molecule has 136 valence electrons. The van der Waals surface area contributed by atoms with Gasteiger partial charge in [-0.15, -0.1) is 0 Å². The summed E-state index contributed by atoms with van der Waals surface area (Å²) in [5.74, 6) is -1.48. The summed E-state index contributed by atoms with van der Waals surface area (Å²) in [7, 11) is -3.94. The van der Waals surface area contributed by atoms with Gasteiger partial charge in [0.1, 0.15) is 5.82 Å². The van der Waals surface area contributed by atoms with Gasteiger partial charge in [0.05, 0.1) is 22.9 Å². The summed E-state index contributed by atoms with van der Waals surface area (Å²) in [4.78, 5) is 23.2. The highest BCUT2D eigenvalue weighted by atomic mass is 35.5. The fourth-order valence-electron chi connectivity index (χ4n) is 2.40. The predicted octanol–water partition coefficient (Wildman–Crippen LogP) is 1.89. The van der Waals surface area contributed by atoms with Crippen molar-refractivity contribution in [3.63, 3.8) is 0 Å². The molecule has 26 heavy (non-hydrogen) atoms. The van der Waals surface area contributed by atoms with E-state index in [4.69, 9.17) is 11.6 Å². The molecule has 3 rings (SSSR count). The van der Waals surface area contributed by atoms with E-state index >= 15 is 0 Å². The third-order valence-electron chi connectivity index (χ3n) is 3.64. The molecule has 2 amide bonds. The van der Waals surface area contributed by atoms with Crippen LogP contribution in [-0.4, -0.2) is 26.8 Å². The van der Waals surface area contributed by atoms with Crippen molar-refractivity contribution in [3.8, 4) is 0 Å². The van der Waals surface area contributed by atoms with E-state index in [0.29, 0.717) is 11.3 Å². The lowest BCUT2D eigenvalue weighted by atomic mass is 10.2. The van der Waals surface area contributed by atoms with Crippen molar-refractivity contribution in [2.75, 3.05) is 17.2 Å². The van der Waals surface area contributed by atoms with E-state index in [-0.39, 0.29) is 27.9 Å². The Morgan fingerprint density at radius 3 is 2.73 bits per heavy atom. The smallest absolute Gasteiger partial charge is 0.241 e. The van der Waals surface area contributed by atoms with Crippen LogP contribution in [0.3, 0.4) is 0 Å². The van der Waals surface area contributed by atoms with Crippen LogP contribution < -0.4 is 15.4 Å². The van der Waals surface area contributed by atoms with Crippen LogP contribution in [0.4, 0.5) is 15.8 Å². The molecule has 10 heteroatoms. The average Bonchev–Trinajstić information content (AvgIpc) is 2.95. The molecule has 0 bridgehead atoms. The zero-order valence-electron chi connectivity index (χ0n) is 13.2. The molecule has 3 N–H and O–H groups in total. The molecule has 1 aliphatic heterocycles. The minimum Gasteiger partial charge on any atom is -0.326 e. The Morgan fingerprint density at radius 1 is 1.23 bits per heavy atom. The summed E-state index contributed by atoms with van der Waals surface area (Å²) in [5, 5.41) is 4.85.